The number of hydrogen-bond donors (Lipinski definition) is 1. The highest BCUT2D eigenvalue weighted by Gasteiger charge is 2.32. The molecule has 29 heavy (non-hydrogen) atoms. The van der Waals surface area contributed by atoms with Crippen LogP contribution in [0.2, 0.25) is 0 Å². The molecule has 8 heteroatoms. The highest BCUT2D eigenvalue weighted by molar-refractivity contribution is 6.02. The lowest BCUT2D eigenvalue weighted by atomic mass is 9.83. The number of para-hydroxylation sites is 2. The van der Waals surface area contributed by atoms with Gasteiger partial charge in [0.25, 0.3) is 5.91 Å². The van der Waals surface area contributed by atoms with Crippen molar-refractivity contribution in [3.63, 3.8) is 0 Å². The average Bonchev–Trinajstić information content (AvgIpc) is 2.68. The number of alkyl halides is 3. The van der Waals surface area contributed by atoms with Crippen LogP contribution in [0.25, 0.3) is 0 Å². The van der Waals surface area contributed by atoms with Gasteiger partial charge < -0.3 is 10.1 Å². The van der Waals surface area contributed by atoms with Crippen LogP contribution >= 0.6 is 0 Å². The number of nitrogens with zero attached hydrogens (tertiary/aromatic N) is 1. The molecule has 2 amide bonds. The summed E-state index contributed by atoms with van der Waals surface area (Å²) in [6.45, 7) is 3.27. The van der Waals surface area contributed by atoms with Crippen molar-refractivity contribution in [3.8, 4) is 5.75 Å². The first kappa shape index (κ1) is 20.7. The van der Waals surface area contributed by atoms with Crippen LogP contribution in [-0.2, 0) is 21.2 Å². The Morgan fingerprint density at radius 1 is 1.10 bits per heavy atom. The lowest BCUT2D eigenvalue weighted by Crippen LogP contribution is -2.47. The van der Waals surface area contributed by atoms with Crippen molar-refractivity contribution in [3.05, 3.63) is 59.7 Å². The number of carbonyl (C=O) groups excluding carboxylic acids is 2. The summed E-state index contributed by atoms with van der Waals surface area (Å²) in [4.78, 5) is 25.9. The molecule has 1 N–H and O–H groups in total. The van der Waals surface area contributed by atoms with Gasteiger partial charge in [-0.1, -0.05) is 44.2 Å². The van der Waals surface area contributed by atoms with E-state index in [0.717, 1.165) is 12.1 Å². The van der Waals surface area contributed by atoms with Gasteiger partial charge >= 0.3 is 6.18 Å². The number of benzene rings is 2. The number of amides is 2. The summed E-state index contributed by atoms with van der Waals surface area (Å²) in [7, 11) is 0. The molecule has 3 rings (SSSR count). The average molecular weight is 406 g/mol. The number of hydrogen-bond acceptors (Lipinski definition) is 3. The van der Waals surface area contributed by atoms with Crippen molar-refractivity contribution in [2.45, 2.75) is 25.4 Å². The van der Waals surface area contributed by atoms with Gasteiger partial charge in [0.05, 0.1) is 11.3 Å². The van der Waals surface area contributed by atoms with Crippen LogP contribution in [0.3, 0.4) is 0 Å². The van der Waals surface area contributed by atoms with E-state index in [1.807, 2.05) is 0 Å². The summed E-state index contributed by atoms with van der Waals surface area (Å²) in [6, 6.07) is 12.0. The first-order valence-corrected chi connectivity index (χ1v) is 9.04. The molecule has 0 fully saturated rings. The number of rotatable bonds is 5. The minimum atomic E-state index is -4.43. The van der Waals surface area contributed by atoms with E-state index in [1.54, 1.807) is 44.2 Å². The molecular formula is C21H21F3N2O3. The van der Waals surface area contributed by atoms with Crippen molar-refractivity contribution in [2.75, 3.05) is 24.6 Å². The third-order valence-corrected chi connectivity index (χ3v) is 4.81. The summed E-state index contributed by atoms with van der Waals surface area (Å²) in [5, 5.41) is 2.72. The Hall–Kier alpha value is -3.03. The molecule has 1 heterocycles. The van der Waals surface area contributed by atoms with E-state index in [0.29, 0.717) is 17.0 Å². The standard InChI is InChI=1S/C21H21F3N2O3/c1-20(2,14-6-5-7-15(10-14)21(22,23)24)13-25-18(27)11-26-16-8-3-4-9-17(16)29-12-19(26)28/h3-10H,11-13H2,1-2H3,(H,25,27). The first-order valence-electron chi connectivity index (χ1n) is 9.04. The Balaban J connectivity index is 1.67. The van der Waals surface area contributed by atoms with Crippen LogP contribution in [0.5, 0.6) is 5.75 Å². The van der Waals surface area contributed by atoms with E-state index in [2.05, 4.69) is 5.32 Å². The maximum atomic E-state index is 13.0. The predicted octanol–water partition coefficient (Wildman–Crippen LogP) is 3.52. The van der Waals surface area contributed by atoms with Gasteiger partial charge in [-0.05, 0) is 23.8 Å². The van der Waals surface area contributed by atoms with E-state index in [9.17, 15) is 22.8 Å². The molecule has 0 atom stereocenters. The highest BCUT2D eigenvalue weighted by Crippen LogP contribution is 2.33. The van der Waals surface area contributed by atoms with Gasteiger partial charge in [0.2, 0.25) is 5.91 Å². The number of halogens is 3. The normalized spacial score (nSPS) is 14.2. The Kier molecular flexibility index (Phi) is 5.55. The molecule has 0 spiro atoms. The molecule has 0 saturated carbocycles. The molecule has 0 unspecified atom stereocenters. The molecule has 0 aliphatic carbocycles. The third-order valence-electron chi connectivity index (χ3n) is 4.81. The molecule has 2 aromatic rings. The Labute approximate surface area is 166 Å². The topological polar surface area (TPSA) is 58.6 Å². The van der Waals surface area contributed by atoms with Crippen LogP contribution in [-0.4, -0.2) is 31.5 Å². The molecule has 1 aliphatic rings. The molecule has 2 aromatic carbocycles. The largest absolute Gasteiger partial charge is 0.482 e. The van der Waals surface area contributed by atoms with Gasteiger partial charge in [-0.15, -0.1) is 0 Å². The van der Waals surface area contributed by atoms with Gasteiger partial charge in [-0.25, -0.2) is 0 Å². The summed E-state index contributed by atoms with van der Waals surface area (Å²) in [5.41, 5.74) is -0.495. The smallest absolute Gasteiger partial charge is 0.416 e. The second kappa shape index (κ2) is 7.77. The predicted molar refractivity (Wildman–Crippen MR) is 102 cm³/mol. The molecule has 154 valence electrons. The van der Waals surface area contributed by atoms with Gasteiger partial charge in [-0.2, -0.15) is 13.2 Å². The maximum Gasteiger partial charge on any atom is 0.416 e. The Morgan fingerprint density at radius 2 is 1.79 bits per heavy atom. The second-order valence-corrected chi connectivity index (χ2v) is 7.48. The Bertz CT molecular complexity index is 925. The highest BCUT2D eigenvalue weighted by atomic mass is 19.4. The van der Waals surface area contributed by atoms with Crippen LogP contribution in [0.15, 0.2) is 48.5 Å². The fraction of sp³-hybridized carbons (Fsp3) is 0.333. The second-order valence-electron chi connectivity index (χ2n) is 7.48. The Morgan fingerprint density at radius 3 is 2.52 bits per heavy atom. The fourth-order valence-corrected chi connectivity index (χ4v) is 3.06. The zero-order chi connectivity index (χ0) is 21.2. The van der Waals surface area contributed by atoms with Crippen molar-refractivity contribution >= 4 is 17.5 Å². The van der Waals surface area contributed by atoms with Gasteiger partial charge in [0.15, 0.2) is 6.61 Å². The van der Waals surface area contributed by atoms with Crippen LogP contribution in [0.4, 0.5) is 18.9 Å². The molecular weight excluding hydrogens is 385 g/mol. The molecule has 0 saturated heterocycles. The SMILES string of the molecule is CC(C)(CNC(=O)CN1C(=O)COc2ccccc21)c1cccc(C(F)(F)F)c1. The summed E-state index contributed by atoms with van der Waals surface area (Å²) >= 11 is 0. The van der Waals surface area contributed by atoms with Crippen LogP contribution in [0, 0.1) is 0 Å². The van der Waals surface area contributed by atoms with Crippen molar-refractivity contribution < 1.29 is 27.5 Å². The zero-order valence-corrected chi connectivity index (χ0v) is 16.0. The number of fused-ring (bicyclic) bond motifs is 1. The number of ether oxygens (including phenoxy) is 1. The molecule has 0 aromatic heterocycles. The number of anilines is 1. The van der Waals surface area contributed by atoms with Gasteiger partial charge in [0, 0.05) is 12.0 Å². The van der Waals surface area contributed by atoms with E-state index in [4.69, 9.17) is 4.74 Å². The number of carbonyl (C=O) groups is 2. The lowest BCUT2D eigenvalue weighted by Gasteiger charge is -2.30. The van der Waals surface area contributed by atoms with E-state index in [-0.39, 0.29) is 25.6 Å². The minimum absolute atomic E-state index is 0.118. The van der Waals surface area contributed by atoms with E-state index < -0.39 is 23.1 Å². The quantitative estimate of drug-likeness (QED) is 0.827. The van der Waals surface area contributed by atoms with E-state index >= 15 is 0 Å². The van der Waals surface area contributed by atoms with Gasteiger partial charge in [0.1, 0.15) is 12.3 Å². The van der Waals surface area contributed by atoms with Crippen molar-refractivity contribution in [1.29, 1.82) is 0 Å². The summed E-state index contributed by atoms with van der Waals surface area (Å²) in [5.74, 6) is -0.227. The maximum absolute atomic E-state index is 13.0. The molecule has 0 radical (unpaired) electrons. The van der Waals surface area contributed by atoms with Gasteiger partial charge in [-0.3, -0.25) is 14.5 Å². The van der Waals surface area contributed by atoms with Crippen LogP contribution < -0.4 is 15.0 Å². The zero-order valence-electron chi connectivity index (χ0n) is 16.0. The first-order chi connectivity index (χ1) is 13.6. The lowest BCUT2D eigenvalue weighted by molar-refractivity contribution is -0.137. The van der Waals surface area contributed by atoms with E-state index in [1.165, 1.54) is 11.0 Å². The minimum Gasteiger partial charge on any atom is -0.482 e. The summed E-state index contributed by atoms with van der Waals surface area (Å²) in [6.07, 6.45) is -4.43. The number of nitrogens with one attached hydrogen (secondary N) is 1. The molecule has 0 bridgehead atoms. The molecule has 5 nitrogen and oxygen atoms in total. The monoisotopic (exact) mass is 406 g/mol. The fourth-order valence-electron chi connectivity index (χ4n) is 3.06. The van der Waals surface area contributed by atoms with Crippen LogP contribution in [0.1, 0.15) is 25.0 Å². The van der Waals surface area contributed by atoms with Crippen molar-refractivity contribution in [2.24, 2.45) is 0 Å². The van der Waals surface area contributed by atoms with Crippen molar-refractivity contribution in [1.82, 2.24) is 5.32 Å². The molecule has 1 aliphatic heterocycles. The third kappa shape index (κ3) is 4.70. The summed E-state index contributed by atoms with van der Waals surface area (Å²) < 4.78 is 44.3.